The van der Waals surface area contributed by atoms with Gasteiger partial charge in [-0.05, 0) is 62.8 Å². The van der Waals surface area contributed by atoms with E-state index < -0.39 is 22.6 Å². The number of likely N-dealkylation sites (tertiary alicyclic amines) is 1. The van der Waals surface area contributed by atoms with E-state index in [4.69, 9.17) is 14.6 Å². The average molecular weight is 571 g/mol. The third-order valence-corrected chi connectivity index (χ3v) is 10.3. The smallest absolute Gasteiger partial charge is 0.310 e. The van der Waals surface area contributed by atoms with Gasteiger partial charge in [0.15, 0.2) is 0 Å². The number of nitrogens with zero attached hydrogens (tertiary/aromatic N) is 2. The third-order valence-electron chi connectivity index (χ3n) is 8.37. The van der Waals surface area contributed by atoms with Crippen molar-refractivity contribution in [3.63, 3.8) is 0 Å². The number of esters is 1. The van der Waals surface area contributed by atoms with Crippen LogP contribution >= 0.6 is 11.8 Å². The molecule has 40 heavy (non-hydrogen) atoms. The molecule has 3 aliphatic heterocycles. The molecule has 3 saturated heterocycles. The van der Waals surface area contributed by atoms with Gasteiger partial charge in [-0.25, -0.2) is 0 Å². The summed E-state index contributed by atoms with van der Waals surface area (Å²) in [7, 11) is 1.60. The van der Waals surface area contributed by atoms with Crippen LogP contribution in [0.15, 0.2) is 49.6 Å². The lowest BCUT2D eigenvalue weighted by molar-refractivity contribution is -0.154. The topological polar surface area (TPSA) is 96.4 Å². The fourth-order valence-electron chi connectivity index (χ4n) is 6.55. The van der Waals surface area contributed by atoms with Crippen LogP contribution in [0.5, 0.6) is 5.75 Å². The van der Waals surface area contributed by atoms with Crippen LogP contribution in [0.4, 0.5) is 5.69 Å². The number of benzene rings is 1. The minimum Gasteiger partial charge on any atom is -0.497 e. The number of methoxy groups -OCH3 is 1. The van der Waals surface area contributed by atoms with E-state index in [0.29, 0.717) is 50.4 Å². The highest BCUT2D eigenvalue weighted by Gasteiger charge is 2.74. The predicted molar refractivity (Wildman–Crippen MR) is 157 cm³/mol. The van der Waals surface area contributed by atoms with Crippen molar-refractivity contribution in [1.29, 1.82) is 0 Å². The maximum absolute atomic E-state index is 14.5. The molecule has 3 aliphatic rings. The Kier molecular flexibility index (Phi) is 10.4. The first kappa shape index (κ1) is 30.2. The van der Waals surface area contributed by atoms with E-state index in [9.17, 15) is 14.4 Å². The van der Waals surface area contributed by atoms with E-state index in [1.54, 1.807) is 40.8 Å². The summed E-state index contributed by atoms with van der Waals surface area (Å²) >= 11 is 1.65. The van der Waals surface area contributed by atoms with Crippen LogP contribution in [0.2, 0.25) is 0 Å². The highest BCUT2D eigenvalue weighted by molar-refractivity contribution is 8.02. The molecular formula is C31H42N2O6S. The first-order valence-corrected chi connectivity index (χ1v) is 15.2. The second-order valence-corrected chi connectivity index (χ2v) is 12.4. The zero-order valence-corrected chi connectivity index (χ0v) is 24.3. The van der Waals surface area contributed by atoms with Crippen LogP contribution in [0.3, 0.4) is 0 Å². The number of carbonyl (C=O) groups is 3. The Morgan fingerprint density at radius 1 is 1.15 bits per heavy atom. The van der Waals surface area contributed by atoms with Crippen molar-refractivity contribution >= 4 is 35.2 Å². The van der Waals surface area contributed by atoms with Gasteiger partial charge < -0.3 is 24.4 Å². The number of unbranched alkanes of at least 4 members (excludes halogenated alkanes) is 4. The number of aliphatic hydroxyl groups is 1. The predicted octanol–water partition coefficient (Wildman–Crippen LogP) is 4.37. The van der Waals surface area contributed by atoms with Crippen LogP contribution in [-0.2, 0) is 19.1 Å². The zero-order chi connectivity index (χ0) is 28.7. The molecule has 8 nitrogen and oxygen atoms in total. The summed E-state index contributed by atoms with van der Waals surface area (Å²) in [5, 5.41) is 9.13. The highest BCUT2D eigenvalue weighted by Crippen LogP contribution is 2.66. The molecule has 0 aromatic heterocycles. The molecule has 2 amide bonds. The number of anilines is 1. The molecule has 0 radical (unpaired) electrons. The minimum atomic E-state index is -0.682. The van der Waals surface area contributed by atoms with E-state index in [-0.39, 0.29) is 29.6 Å². The Morgan fingerprint density at radius 2 is 1.90 bits per heavy atom. The number of thioether (sulfide) groups is 1. The van der Waals surface area contributed by atoms with Crippen LogP contribution in [0.25, 0.3) is 0 Å². The van der Waals surface area contributed by atoms with Gasteiger partial charge in [-0.2, -0.15) is 0 Å². The fourth-order valence-corrected chi connectivity index (χ4v) is 8.75. The van der Waals surface area contributed by atoms with E-state index in [0.717, 1.165) is 32.1 Å². The largest absolute Gasteiger partial charge is 0.497 e. The second kappa shape index (κ2) is 13.7. The summed E-state index contributed by atoms with van der Waals surface area (Å²) in [6, 6.07) is 6.63. The molecule has 1 N–H and O–H groups in total. The van der Waals surface area contributed by atoms with Crippen molar-refractivity contribution in [3.8, 4) is 5.75 Å². The van der Waals surface area contributed by atoms with Crippen molar-refractivity contribution < 1.29 is 29.0 Å². The number of ether oxygens (including phenoxy) is 2. The molecule has 3 heterocycles. The number of fused-ring (bicyclic) bond motifs is 1. The third kappa shape index (κ3) is 5.81. The molecule has 9 heteroatoms. The lowest BCUT2D eigenvalue weighted by Crippen LogP contribution is -2.55. The molecule has 218 valence electrons. The Bertz CT molecular complexity index is 1080. The Hall–Kier alpha value is -2.78. The summed E-state index contributed by atoms with van der Waals surface area (Å²) in [6.07, 6.45) is 9.58. The summed E-state index contributed by atoms with van der Waals surface area (Å²) in [5.74, 6) is -1.01. The molecule has 1 aromatic carbocycles. The SMILES string of the molecule is C=CCCCOC(=O)[C@@H]1[C@H]2C(=O)N(CCCCCCO)C(C(=O)N(CC=C)c3ccc(OC)cc3)C23CC[C@H]1S3. The molecule has 2 bridgehead atoms. The van der Waals surface area contributed by atoms with Gasteiger partial charge in [-0.3, -0.25) is 14.4 Å². The summed E-state index contributed by atoms with van der Waals surface area (Å²) < 4.78 is 10.3. The summed E-state index contributed by atoms with van der Waals surface area (Å²) in [6.45, 7) is 8.77. The van der Waals surface area contributed by atoms with Crippen LogP contribution < -0.4 is 9.64 Å². The Morgan fingerprint density at radius 3 is 2.58 bits per heavy atom. The normalized spacial score (nSPS) is 26.4. The van der Waals surface area contributed by atoms with Crippen molar-refractivity contribution in [2.24, 2.45) is 11.8 Å². The number of hydrogen-bond acceptors (Lipinski definition) is 7. The van der Waals surface area contributed by atoms with Crippen LogP contribution in [0.1, 0.15) is 51.4 Å². The molecule has 5 atom stereocenters. The number of amides is 2. The Balaban J connectivity index is 1.64. The molecule has 1 aromatic rings. The molecular weight excluding hydrogens is 528 g/mol. The first-order chi connectivity index (χ1) is 19.4. The maximum atomic E-state index is 14.5. The van der Waals surface area contributed by atoms with Gasteiger partial charge in [0.05, 0.1) is 30.3 Å². The number of rotatable bonds is 16. The first-order valence-electron chi connectivity index (χ1n) is 14.4. The number of aliphatic hydroxyl groups excluding tert-OH is 1. The van der Waals surface area contributed by atoms with E-state index >= 15 is 0 Å². The van der Waals surface area contributed by atoms with E-state index in [1.807, 2.05) is 24.3 Å². The van der Waals surface area contributed by atoms with Crippen molar-refractivity contribution in [2.45, 2.75) is 67.4 Å². The maximum Gasteiger partial charge on any atom is 0.310 e. The van der Waals surface area contributed by atoms with Gasteiger partial charge in [-0.15, -0.1) is 24.9 Å². The van der Waals surface area contributed by atoms with Crippen LogP contribution in [0, 0.1) is 11.8 Å². The lowest BCUT2D eigenvalue weighted by atomic mass is 9.71. The molecule has 3 fully saturated rings. The van der Waals surface area contributed by atoms with E-state index in [1.165, 1.54) is 0 Å². The molecule has 1 spiro atoms. The highest BCUT2D eigenvalue weighted by atomic mass is 32.2. The van der Waals surface area contributed by atoms with Crippen LogP contribution in [-0.4, -0.2) is 77.2 Å². The zero-order valence-electron chi connectivity index (χ0n) is 23.5. The summed E-state index contributed by atoms with van der Waals surface area (Å²) in [5.41, 5.74) is 0.705. The lowest BCUT2D eigenvalue weighted by Gasteiger charge is -2.37. The number of hydrogen-bond donors (Lipinski definition) is 1. The van der Waals surface area contributed by atoms with Crippen molar-refractivity contribution in [3.05, 3.63) is 49.6 Å². The monoisotopic (exact) mass is 570 g/mol. The molecule has 2 unspecified atom stereocenters. The quantitative estimate of drug-likeness (QED) is 0.179. The van der Waals surface area contributed by atoms with Gasteiger partial charge >= 0.3 is 5.97 Å². The average Bonchev–Trinajstić information content (AvgIpc) is 3.61. The van der Waals surface area contributed by atoms with Gasteiger partial charge in [0.2, 0.25) is 5.91 Å². The molecule has 0 saturated carbocycles. The van der Waals surface area contributed by atoms with E-state index in [2.05, 4.69) is 13.2 Å². The standard InChI is InChI=1S/C31H42N2O6S/c1-4-6-11-21-39-30(37)25-24-16-17-31(40-24)26(25)28(35)33(19-9-7-8-10-20-34)27(31)29(36)32(18-5-2)22-12-14-23(38-3)15-13-22/h4-5,12-15,24-27,34H,1-2,6-11,16-21H2,3H3/t24-,25+,26+,27?,31?/m1/s1. The molecule has 0 aliphatic carbocycles. The Labute approximate surface area is 241 Å². The fraction of sp³-hybridized carbons (Fsp3) is 0.581. The number of carbonyl (C=O) groups excluding carboxylic acids is 3. The minimum absolute atomic E-state index is 0.0308. The van der Waals surface area contributed by atoms with Gasteiger partial charge in [-0.1, -0.05) is 25.0 Å². The van der Waals surface area contributed by atoms with Gasteiger partial charge in [0.25, 0.3) is 5.91 Å². The van der Waals surface area contributed by atoms with Crippen molar-refractivity contribution in [1.82, 2.24) is 4.90 Å². The summed E-state index contributed by atoms with van der Waals surface area (Å²) in [4.78, 5) is 45.4. The molecule has 4 rings (SSSR count). The van der Waals surface area contributed by atoms with Gasteiger partial charge in [0.1, 0.15) is 11.8 Å². The van der Waals surface area contributed by atoms with Gasteiger partial charge in [0, 0.05) is 30.6 Å². The second-order valence-electron chi connectivity index (χ2n) is 10.8. The van der Waals surface area contributed by atoms with Crippen molar-refractivity contribution in [2.75, 3.05) is 38.3 Å². The number of allylic oxidation sites excluding steroid dienone is 1.